The molecule has 0 amide bonds. The van der Waals surface area contributed by atoms with Crippen LogP contribution in [0, 0.1) is 5.41 Å². The van der Waals surface area contributed by atoms with E-state index in [2.05, 4.69) is 68.5 Å². The Morgan fingerprint density at radius 3 is 2.25 bits per heavy atom. The van der Waals surface area contributed by atoms with Gasteiger partial charge < -0.3 is 9.47 Å². The summed E-state index contributed by atoms with van der Waals surface area (Å²) >= 11 is 0. The second-order valence-electron chi connectivity index (χ2n) is 8.73. The summed E-state index contributed by atoms with van der Waals surface area (Å²) in [4.78, 5) is 0. The maximum Gasteiger partial charge on any atom is 0.177 e. The molecule has 2 fully saturated rings. The highest BCUT2D eigenvalue weighted by molar-refractivity contribution is 6.01. The molecule has 0 aromatic heterocycles. The highest BCUT2D eigenvalue weighted by Gasteiger charge is 2.60. The van der Waals surface area contributed by atoms with Gasteiger partial charge in [0.1, 0.15) is 0 Å². The van der Waals surface area contributed by atoms with E-state index in [9.17, 15) is 0 Å². The molecule has 2 nitrogen and oxygen atoms in total. The number of hydrogen-bond donors (Lipinski definition) is 0. The first-order valence-electron chi connectivity index (χ1n) is 10.9. The Kier molecular flexibility index (Phi) is 4.45. The van der Waals surface area contributed by atoms with E-state index in [0.717, 1.165) is 38.7 Å². The minimum atomic E-state index is -0.443. The quantitative estimate of drug-likeness (QED) is 0.501. The lowest BCUT2D eigenvalue weighted by Crippen LogP contribution is -2.44. The smallest absolute Gasteiger partial charge is 0.177 e. The van der Waals surface area contributed by atoms with E-state index >= 15 is 0 Å². The fourth-order valence-corrected chi connectivity index (χ4v) is 5.74. The van der Waals surface area contributed by atoms with Crippen molar-refractivity contribution in [3.8, 4) is 11.1 Å². The molecule has 3 atom stereocenters. The van der Waals surface area contributed by atoms with Crippen LogP contribution in [0.5, 0.6) is 0 Å². The van der Waals surface area contributed by atoms with Crippen LogP contribution in [0.25, 0.3) is 16.7 Å². The summed E-state index contributed by atoms with van der Waals surface area (Å²) < 4.78 is 13.1. The molecular weight excluding hydrogens is 344 g/mol. The van der Waals surface area contributed by atoms with Gasteiger partial charge in [0.15, 0.2) is 5.79 Å². The molecule has 0 radical (unpaired) electrons. The average molecular weight is 375 g/mol. The first kappa shape index (κ1) is 18.1. The van der Waals surface area contributed by atoms with Crippen molar-refractivity contribution in [2.75, 3.05) is 6.61 Å². The molecule has 1 aliphatic heterocycles. The zero-order chi connectivity index (χ0) is 19.2. The molecule has 2 heteroatoms. The largest absolute Gasteiger partial charge is 0.349 e. The third-order valence-corrected chi connectivity index (χ3v) is 7.00. The number of benzene rings is 2. The van der Waals surface area contributed by atoms with Crippen LogP contribution in [0.1, 0.15) is 63.5 Å². The highest BCUT2D eigenvalue weighted by Crippen LogP contribution is 2.59. The standard InChI is InChI=1S/C26H30O2/c1-3-9-19(2)28-26-15-8-14-25(26,16-17-27-26)18-24-22-12-6-4-10-20(22)21-11-5-7-13-23(21)24/h4-7,10-13,18-19H,3,8-9,14-17H2,1-2H3/t19?,25-,26+/m1/s1. The predicted molar refractivity (Wildman–Crippen MR) is 114 cm³/mol. The summed E-state index contributed by atoms with van der Waals surface area (Å²) in [6.07, 6.45) is 9.40. The normalized spacial score (nSPS) is 28.7. The molecule has 1 heterocycles. The van der Waals surface area contributed by atoms with Gasteiger partial charge in [0, 0.05) is 11.8 Å². The molecule has 2 aromatic rings. The van der Waals surface area contributed by atoms with Crippen molar-refractivity contribution in [3.63, 3.8) is 0 Å². The van der Waals surface area contributed by atoms with E-state index in [1.54, 1.807) is 0 Å². The Morgan fingerprint density at radius 2 is 1.61 bits per heavy atom. The third kappa shape index (κ3) is 2.62. The first-order chi connectivity index (χ1) is 13.7. The Balaban J connectivity index is 1.62. The summed E-state index contributed by atoms with van der Waals surface area (Å²) in [7, 11) is 0. The molecule has 0 N–H and O–H groups in total. The Bertz CT molecular complexity index is 853. The van der Waals surface area contributed by atoms with E-state index in [1.165, 1.54) is 34.2 Å². The summed E-state index contributed by atoms with van der Waals surface area (Å²) in [5.41, 5.74) is 6.76. The van der Waals surface area contributed by atoms with Crippen molar-refractivity contribution >= 4 is 5.57 Å². The van der Waals surface area contributed by atoms with E-state index < -0.39 is 5.79 Å². The van der Waals surface area contributed by atoms with Gasteiger partial charge in [-0.25, -0.2) is 0 Å². The van der Waals surface area contributed by atoms with E-state index in [1.807, 2.05) is 0 Å². The maximum absolute atomic E-state index is 6.69. The first-order valence-corrected chi connectivity index (χ1v) is 10.9. The van der Waals surface area contributed by atoms with Crippen LogP contribution in [0.4, 0.5) is 0 Å². The van der Waals surface area contributed by atoms with Crippen LogP contribution < -0.4 is 0 Å². The van der Waals surface area contributed by atoms with Gasteiger partial charge in [-0.3, -0.25) is 0 Å². The Morgan fingerprint density at radius 1 is 0.964 bits per heavy atom. The third-order valence-electron chi connectivity index (χ3n) is 7.00. The molecule has 3 aliphatic rings. The van der Waals surface area contributed by atoms with Crippen LogP contribution in [0.2, 0.25) is 0 Å². The van der Waals surface area contributed by atoms with Gasteiger partial charge in [0.05, 0.1) is 12.7 Å². The topological polar surface area (TPSA) is 18.5 Å². The van der Waals surface area contributed by atoms with Gasteiger partial charge in [0.2, 0.25) is 0 Å². The van der Waals surface area contributed by atoms with Gasteiger partial charge in [-0.15, -0.1) is 0 Å². The maximum atomic E-state index is 6.69. The molecule has 28 heavy (non-hydrogen) atoms. The van der Waals surface area contributed by atoms with Gasteiger partial charge in [-0.1, -0.05) is 68.0 Å². The van der Waals surface area contributed by atoms with Crippen molar-refractivity contribution in [1.82, 2.24) is 0 Å². The number of hydrogen-bond acceptors (Lipinski definition) is 2. The number of ether oxygens (including phenoxy) is 2. The molecule has 1 saturated heterocycles. The lowest BCUT2D eigenvalue weighted by atomic mass is 9.77. The van der Waals surface area contributed by atoms with Crippen LogP contribution in [0.15, 0.2) is 54.6 Å². The lowest BCUT2D eigenvalue weighted by Gasteiger charge is -2.39. The Hall–Kier alpha value is -1.90. The van der Waals surface area contributed by atoms with Crippen LogP contribution in [-0.4, -0.2) is 18.5 Å². The second-order valence-corrected chi connectivity index (χ2v) is 8.73. The van der Waals surface area contributed by atoms with Crippen molar-refractivity contribution in [3.05, 3.63) is 65.7 Å². The van der Waals surface area contributed by atoms with Crippen molar-refractivity contribution < 1.29 is 9.47 Å². The molecule has 146 valence electrons. The van der Waals surface area contributed by atoms with Gasteiger partial charge >= 0.3 is 0 Å². The summed E-state index contributed by atoms with van der Waals surface area (Å²) in [6.45, 7) is 5.23. The molecular formula is C26H30O2. The molecule has 1 unspecified atom stereocenters. The van der Waals surface area contributed by atoms with Crippen LogP contribution >= 0.6 is 0 Å². The SMILES string of the molecule is CCCC(C)O[C@@]12CCC[C@]1(C=C1c3ccccc3-c3ccccc31)CCO2. The summed E-state index contributed by atoms with van der Waals surface area (Å²) in [5.74, 6) is -0.443. The Labute approximate surface area is 168 Å². The summed E-state index contributed by atoms with van der Waals surface area (Å²) in [5, 5.41) is 0. The van der Waals surface area contributed by atoms with Crippen molar-refractivity contribution in [2.24, 2.45) is 5.41 Å². The molecule has 2 aliphatic carbocycles. The fourth-order valence-electron chi connectivity index (χ4n) is 5.74. The van der Waals surface area contributed by atoms with Gasteiger partial charge in [-0.05, 0) is 60.4 Å². The number of rotatable bonds is 5. The minimum absolute atomic E-state index is 0.0190. The summed E-state index contributed by atoms with van der Waals surface area (Å²) in [6, 6.07) is 17.6. The van der Waals surface area contributed by atoms with Gasteiger partial charge in [-0.2, -0.15) is 0 Å². The molecule has 1 saturated carbocycles. The highest BCUT2D eigenvalue weighted by atomic mass is 16.7. The van der Waals surface area contributed by atoms with E-state index in [-0.39, 0.29) is 11.5 Å². The van der Waals surface area contributed by atoms with E-state index in [0.29, 0.717) is 0 Å². The number of fused-ring (bicyclic) bond motifs is 4. The second kappa shape index (κ2) is 6.86. The zero-order valence-corrected chi connectivity index (χ0v) is 17.0. The molecule has 5 rings (SSSR count). The lowest BCUT2D eigenvalue weighted by molar-refractivity contribution is -0.257. The minimum Gasteiger partial charge on any atom is -0.349 e. The zero-order valence-electron chi connectivity index (χ0n) is 17.0. The fraction of sp³-hybridized carbons (Fsp3) is 0.462. The monoisotopic (exact) mass is 374 g/mol. The van der Waals surface area contributed by atoms with Crippen molar-refractivity contribution in [1.29, 1.82) is 0 Å². The van der Waals surface area contributed by atoms with Crippen molar-refractivity contribution in [2.45, 2.75) is 64.3 Å². The molecule has 0 bridgehead atoms. The van der Waals surface area contributed by atoms with Crippen LogP contribution in [0.3, 0.4) is 0 Å². The van der Waals surface area contributed by atoms with Crippen LogP contribution in [-0.2, 0) is 9.47 Å². The molecule has 2 aromatic carbocycles. The van der Waals surface area contributed by atoms with E-state index in [4.69, 9.17) is 9.47 Å². The molecule has 0 spiro atoms. The average Bonchev–Trinajstić information content (AvgIpc) is 3.31. The predicted octanol–water partition coefficient (Wildman–Crippen LogP) is 6.59. The van der Waals surface area contributed by atoms with Gasteiger partial charge in [0.25, 0.3) is 0 Å².